The highest BCUT2D eigenvalue weighted by molar-refractivity contribution is 5.79. The third-order valence-electron chi connectivity index (χ3n) is 3.64. The predicted octanol–water partition coefficient (Wildman–Crippen LogP) is 3.95. The Morgan fingerprint density at radius 2 is 1.78 bits per heavy atom. The van der Waals surface area contributed by atoms with Gasteiger partial charge in [0, 0.05) is 6.54 Å². The molecular formula is C20H25NO2. The van der Waals surface area contributed by atoms with Gasteiger partial charge in [0.25, 0.3) is 0 Å². The van der Waals surface area contributed by atoms with Crippen molar-refractivity contribution in [1.82, 2.24) is 5.32 Å². The van der Waals surface area contributed by atoms with Crippen molar-refractivity contribution in [2.24, 2.45) is 0 Å². The zero-order valence-corrected chi connectivity index (χ0v) is 14.3. The Labute approximate surface area is 138 Å². The fourth-order valence-electron chi connectivity index (χ4n) is 2.38. The van der Waals surface area contributed by atoms with Crippen molar-refractivity contribution in [3.8, 4) is 5.75 Å². The first-order valence-corrected chi connectivity index (χ1v) is 8.02. The third-order valence-corrected chi connectivity index (χ3v) is 3.64. The highest BCUT2D eigenvalue weighted by atomic mass is 16.5. The lowest BCUT2D eigenvalue weighted by Crippen LogP contribution is -2.24. The van der Waals surface area contributed by atoms with Crippen LogP contribution >= 0.6 is 0 Å². The van der Waals surface area contributed by atoms with E-state index < -0.39 is 0 Å². The van der Waals surface area contributed by atoms with Crippen LogP contribution in [0.3, 0.4) is 0 Å². The quantitative estimate of drug-likeness (QED) is 0.877. The second-order valence-electron chi connectivity index (χ2n) is 6.19. The molecule has 0 saturated heterocycles. The summed E-state index contributed by atoms with van der Waals surface area (Å²) in [7, 11) is 0. The van der Waals surface area contributed by atoms with Gasteiger partial charge in [-0.2, -0.15) is 0 Å². The third kappa shape index (κ3) is 5.44. The van der Waals surface area contributed by atoms with Gasteiger partial charge in [-0.3, -0.25) is 4.79 Å². The van der Waals surface area contributed by atoms with Gasteiger partial charge in [0.2, 0.25) is 5.91 Å². The van der Waals surface area contributed by atoms with Gasteiger partial charge in [-0.25, -0.2) is 0 Å². The molecule has 0 spiro atoms. The van der Waals surface area contributed by atoms with E-state index in [2.05, 4.69) is 23.5 Å². The first-order valence-electron chi connectivity index (χ1n) is 8.02. The van der Waals surface area contributed by atoms with E-state index in [1.807, 2.05) is 52.0 Å². The van der Waals surface area contributed by atoms with E-state index in [9.17, 15) is 4.79 Å². The number of carbonyl (C=O) groups excluding carboxylic acids is 1. The number of nitrogens with one attached hydrogen (secondary N) is 1. The van der Waals surface area contributed by atoms with E-state index in [-0.39, 0.29) is 12.0 Å². The van der Waals surface area contributed by atoms with E-state index >= 15 is 0 Å². The molecule has 0 atom stereocenters. The van der Waals surface area contributed by atoms with Gasteiger partial charge in [-0.05, 0) is 56.5 Å². The summed E-state index contributed by atoms with van der Waals surface area (Å²) >= 11 is 0. The van der Waals surface area contributed by atoms with Crippen molar-refractivity contribution in [2.45, 2.75) is 46.8 Å². The molecule has 0 aliphatic heterocycles. The Bertz CT molecular complexity index is 660. The molecule has 0 radical (unpaired) electrons. The molecule has 2 rings (SSSR count). The molecule has 3 heteroatoms. The Kier molecular flexibility index (Phi) is 5.80. The molecule has 1 N–H and O–H groups in total. The summed E-state index contributed by atoms with van der Waals surface area (Å²) in [4.78, 5) is 12.1. The number of ether oxygens (including phenoxy) is 1. The average molecular weight is 311 g/mol. The Morgan fingerprint density at radius 1 is 1.09 bits per heavy atom. The van der Waals surface area contributed by atoms with E-state index in [1.165, 1.54) is 5.56 Å². The van der Waals surface area contributed by atoms with Crippen LogP contribution in [0.15, 0.2) is 42.5 Å². The van der Waals surface area contributed by atoms with Crippen LogP contribution in [0.5, 0.6) is 5.75 Å². The number of amides is 1. The largest absolute Gasteiger partial charge is 0.491 e. The fraction of sp³-hybridized carbons (Fsp3) is 0.350. The van der Waals surface area contributed by atoms with Gasteiger partial charge >= 0.3 is 0 Å². The van der Waals surface area contributed by atoms with E-state index in [0.29, 0.717) is 13.0 Å². The number of hydrogen-bond donors (Lipinski definition) is 1. The van der Waals surface area contributed by atoms with Gasteiger partial charge in [-0.15, -0.1) is 0 Å². The van der Waals surface area contributed by atoms with E-state index in [1.54, 1.807) is 0 Å². The van der Waals surface area contributed by atoms with Crippen molar-refractivity contribution < 1.29 is 9.53 Å². The summed E-state index contributed by atoms with van der Waals surface area (Å²) in [5.74, 6) is 0.895. The standard InChI is InChI=1S/C20H25NO2/c1-14(2)23-19-9-7-17(8-10-19)13-21-20(22)12-18-11-15(3)5-6-16(18)4/h5-11,14H,12-13H2,1-4H3,(H,21,22). The van der Waals surface area contributed by atoms with Crippen molar-refractivity contribution in [3.63, 3.8) is 0 Å². The Hall–Kier alpha value is -2.29. The van der Waals surface area contributed by atoms with E-state index in [0.717, 1.165) is 22.4 Å². The van der Waals surface area contributed by atoms with Crippen LogP contribution in [0.1, 0.15) is 36.1 Å². The summed E-state index contributed by atoms with van der Waals surface area (Å²) in [5.41, 5.74) is 4.48. The van der Waals surface area contributed by atoms with Gasteiger partial charge < -0.3 is 10.1 Å². The van der Waals surface area contributed by atoms with Crippen LogP contribution in [0.25, 0.3) is 0 Å². The monoisotopic (exact) mass is 311 g/mol. The van der Waals surface area contributed by atoms with Crippen LogP contribution in [0, 0.1) is 13.8 Å². The zero-order valence-electron chi connectivity index (χ0n) is 14.3. The number of carbonyl (C=O) groups is 1. The molecule has 0 aromatic heterocycles. The molecule has 1 amide bonds. The maximum Gasteiger partial charge on any atom is 0.224 e. The molecular weight excluding hydrogens is 286 g/mol. The topological polar surface area (TPSA) is 38.3 Å². The number of hydrogen-bond acceptors (Lipinski definition) is 2. The van der Waals surface area contributed by atoms with Crippen LogP contribution in [-0.4, -0.2) is 12.0 Å². The van der Waals surface area contributed by atoms with Crippen LogP contribution < -0.4 is 10.1 Å². The van der Waals surface area contributed by atoms with Gasteiger partial charge in [-0.1, -0.05) is 35.9 Å². The highest BCUT2D eigenvalue weighted by Crippen LogP contribution is 2.14. The summed E-state index contributed by atoms with van der Waals surface area (Å²) < 4.78 is 5.61. The van der Waals surface area contributed by atoms with Gasteiger partial charge in [0.05, 0.1) is 12.5 Å². The molecule has 0 unspecified atom stereocenters. The first kappa shape index (κ1) is 17.1. The van der Waals surface area contributed by atoms with Crippen molar-refractivity contribution in [1.29, 1.82) is 0 Å². The molecule has 2 aromatic rings. The lowest BCUT2D eigenvalue weighted by molar-refractivity contribution is -0.120. The number of rotatable bonds is 6. The summed E-state index contributed by atoms with van der Waals surface area (Å²) in [5, 5.41) is 2.97. The summed E-state index contributed by atoms with van der Waals surface area (Å²) in [6.07, 6.45) is 0.584. The minimum atomic E-state index is 0.0428. The SMILES string of the molecule is Cc1ccc(C)c(CC(=O)NCc2ccc(OC(C)C)cc2)c1. The minimum Gasteiger partial charge on any atom is -0.491 e. The fourth-order valence-corrected chi connectivity index (χ4v) is 2.38. The normalized spacial score (nSPS) is 10.7. The first-order chi connectivity index (χ1) is 10.9. The average Bonchev–Trinajstić information content (AvgIpc) is 2.50. The molecule has 0 saturated carbocycles. The molecule has 0 bridgehead atoms. The maximum atomic E-state index is 12.1. The number of aryl methyl sites for hydroxylation is 2. The lowest BCUT2D eigenvalue weighted by atomic mass is 10.0. The lowest BCUT2D eigenvalue weighted by Gasteiger charge is -2.11. The molecule has 0 fully saturated rings. The van der Waals surface area contributed by atoms with Crippen molar-refractivity contribution in [2.75, 3.05) is 0 Å². The Morgan fingerprint density at radius 3 is 2.43 bits per heavy atom. The number of benzene rings is 2. The zero-order chi connectivity index (χ0) is 16.8. The van der Waals surface area contributed by atoms with Gasteiger partial charge in [0.15, 0.2) is 0 Å². The molecule has 23 heavy (non-hydrogen) atoms. The van der Waals surface area contributed by atoms with Crippen molar-refractivity contribution >= 4 is 5.91 Å². The molecule has 122 valence electrons. The maximum absolute atomic E-state index is 12.1. The molecule has 3 nitrogen and oxygen atoms in total. The van der Waals surface area contributed by atoms with Crippen LogP contribution in [0.2, 0.25) is 0 Å². The molecule has 2 aromatic carbocycles. The minimum absolute atomic E-state index is 0.0428. The molecule has 0 aliphatic carbocycles. The van der Waals surface area contributed by atoms with Crippen LogP contribution in [0.4, 0.5) is 0 Å². The molecule has 0 aliphatic rings. The van der Waals surface area contributed by atoms with Crippen LogP contribution in [-0.2, 0) is 17.8 Å². The summed E-state index contributed by atoms with van der Waals surface area (Å²) in [6, 6.07) is 14.0. The second-order valence-corrected chi connectivity index (χ2v) is 6.19. The highest BCUT2D eigenvalue weighted by Gasteiger charge is 2.06. The van der Waals surface area contributed by atoms with Crippen molar-refractivity contribution in [3.05, 3.63) is 64.7 Å². The summed E-state index contributed by atoms with van der Waals surface area (Å²) in [6.45, 7) is 8.62. The predicted molar refractivity (Wildman–Crippen MR) is 93.7 cm³/mol. The van der Waals surface area contributed by atoms with E-state index in [4.69, 9.17) is 4.74 Å². The van der Waals surface area contributed by atoms with Gasteiger partial charge in [0.1, 0.15) is 5.75 Å². The smallest absolute Gasteiger partial charge is 0.224 e. The molecule has 0 heterocycles. The Balaban J connectivity index is 1.88. The second kappa shape index (κ2) is 7.82.